The Kier molecular flexibility index (Phi) is 5.78. The van der Waals surface area contributed by atoms with Crippen LogP contribution in [0.2, 0.25) is 0 Å². The first kappa shape index (κ1) is 16.3. The average Bonchev–Trinajstić information content (AvgIpc) is 2.53. The largest absolute Gasteiger partial charge is 0.508 e. The summed E-state index contributed by atoms with van der Waals surface area (Å²) >= 11 is 0. The normalized spacial score (nSPS) is 10.9. The molecule has 0 spiro atoms. The van der Waals surface area contributed by atoms with E-state index < -0.39 is 0 Å². The highest BCUT2D eigenvalue weighted by atomic mass is 16.3. The van der Waals surface area contributed by atoms with Gasteiger partial charge in [0.05, 0.1) is 11.0 Å². The number of aromatic nitrogens is 1. The van der Waals surface area contributed by atoms with Crippen molar-refractivity contribution in [2.45, 2.75) is 20.3 Å². The summed E-state index contributed by atoms with van der Waals surface area (Å²) in [5.74, 6) is 0.352. The summed E-state index contributed by atoms with van der Waals surface area (Å²) in [6.45, 7) is 7.32. The van der Waals surface area contributed by atoms with Crippen LogP contribution in [-0.2, 0) is 13.5 Å². The molecule has 1 aromatic heterocycles. The Labute approximate surface area is 132 Å². The van der Waals surface area contributed by atoms with Crippen molar-refractivity contribution < 1.29 is 5.11 Å². The molecule has 0 saturated carbocycles. The lowest BCUT2D eigenvalue weighted by Gasteiger charge is -2.18. The molecule has 1 N–H and O–H groups in total. The van der Waals surface area contributed by atoms with Crippen LogP contribution in [0.3, 0.4) is 0 Å². The number of nitrogens with zero attached hydrogens (tertiary/aromatic N) is 3. The number of phenolic OH excluding ortho intramolecular Hbond substituents is 1. The second kappa shape index (κ2) is 7.80. The Morgan fingerprint density at radius 3 is 2.41 bits per heavy atom. The smallest absolute Gasteiger partial charge is 0.118 e. The maximum absolute atomic E-state index is 10.0. The lowest BCUT2D eigenvalue weighted by Crippen LogP contribution is -2.25. The van der Waals surface area contributed by atoms with E-state index in [-0.39, 0.29) is 0 Å². The van der Waals surface area contributed by atoms with E-state index in [9.17, 15) is 5.11 Å². The van der Waals surface area contributed by atoms with E-state index in [0.717, 1.165) is 42.7 Å². The summed E-state index contributed by atoms with van der Waals surface area (Å²) in [5, 5.41) is 10.9. The minimum atomic E-state index is 0.352. The minimum absolute atomic E-state index is 0.352. The maximum atomic E-state index is 10.0. The van der Waals surface area contributed by atoms with Crippen LogP contribution in [0, 0.1) is 0 Å². The van der Waals surface area contributed by atoms with E-state index in [2.05, 4.69) is 23.7 Å². The van der Waals surface area contributed by atoms with Crippen LogP contribution in [-0.4, -0.2) is 34.2 Å². The van der Waals surface area contributed by atoms with Crippen molar-refractivity contribution in [2.24, 2.45) is 12.0 Å². The van der Waals surface area contributed by atoms with Crippen molar-refractivity contribution in [1.82, 2.24) is 9.47 Å². The molecule has 0 aliphatic rings. The monoisotopic (exact) mass is 299 g/mol. The summed E-state index contributed by atoms with van der Waals surface area (Å²) in [6, 6.07) is 9.51. The Hall–Kier alpha value is -2.07. The molecule has 22 heavy (non-hydrogen) atoms. The van der Waals surface area contributed by atoms with Gasteiger partial charge in [0.2, 0.25) is 0 Å². The molecule has 4 heteroatoms. The summed E-state index contributed by atoms with van der Waals surface area (Å²) < 4.78 is 1.98. The molecule has 2 aromatic rings. The number of aromatic hydroxyl groups is 1. The molecule has 0 saturated heterocycles. The van der Waals surface area contributed by atoms with Crippen LogP contribution in [0.15, 0.2) is 47.7 Å². The third-order valence-corrected chi connectivity index (χ3v) is 3.87. The molecular weight excluding hydrogens is 274 g/mol. The summed E-state index contributed by atoms with van der Waals surface area (Å²) in [4.78, 5) is 6.96. The predicted molar refractivity (Wildman–Crippen MR) is 90.2 cm³/mol. The predicted octanol–water partition coefficient (Wildman–Crippen LogP) is 2.85. The van der Waals surface area contributed by atoms with Crippen molar-refractivity contribution in [3.05, 3.63) is 53.6 Å². The number of phenols is 1. The van der Waals surface area contributed by atoms with E-state index in [1.54, 1.807) is 6.07 Å². The van der Waals surface area contributed by atoms with E-state index in [1.807, 2.05) is 48.3 Å². The number of likely N-dealkylation sites (N-methyl/N-ethyl adjacent to an activating group) is 1. The summed E-state index contributed by atoms with van der Waals surface area (Å²) in [7, 11) is 1.98. The average molecular weight is 299 g/mol. The Morgan fingerprint density at radius 1 is 1.09 bits per heavy atom. The van der Waals surface area contributed by atoms with Crippen molar-refractivity contribution in [3.63, 3.8) is 0 Å². The highest BCUT2D eigenvalue weighted by Crippen LogP contribution is 2.23. The molecule has 0 bridgehead atoms. The van der Waals surface area contributed by atoms with Gasteiger partial charge in [-0.25, -0.2) is 4.99 Å². The lowest BCUT2D eigenvalue weighted by molar-refractivity contribution is 0.306. The molecule has 1 heterocycles. The fourth-order valence-corrected chi connectivity index (χ4v) is 2.38. The van der Waals surface area contributed by atoms with Gasteiger partial charge in [-0.2, -0.15) is 0 Å². The maximum Gasteiger partial charge on any atom is 0.118 e. The van der Waals surface area contributed by atoms with Gasteiger partial charge in [0.15, 0.2) is 0 Å². The molecule has 0 aliphatic carbocycles. The molecule has 0 atom stereocenters. The number of hydrogen-bond donors (Lipinski definition) is 1. The second-order valence-corrected chi connectivity index (χ2v) is 5.42. The fraction of sp³-hybridized carbons (Fsp3) is 0.389. The third kappa shape index (κ3) is 4.46. The van der Waals surface area contributed by atoms with Gasteiger partial charge in [-0.1, -0.05) is 13.8 Å². The van der Waals surface area contributed by atoms with Crippen LogP contribution in [0.1, 0.15) is 19.4 Å². The first-order valence-corrected chi connectivity index (χ1v) is 7.83. The highest BCUT2D eigenvalue weighted by molar-refractivity contribution is 5.47. The van der Waals surface area contributed by atoms with E-state index >= 15 is 0 Å². The first-order chi connectivity index (χ1) is 10.6. The quantitative estimate of drug-likeness (QED) is 0.891. The summed E-state index contributed by atoms with van der Waals surface area (Å²) in [6.07, 6.45) is 4.78. The topological polar surface area (TPSA) is 40.8 Å². The van der Waals surface area contributed by atoms with Crippen molar-refractivity contribution in [1.29, 1.82) is 0 Å². The number of rotatable bonds is 6. The van der Waals surface area contributed by atoms with Crippen LogP contribution in [0.5, 0.6) is 5.75 Å². The van der Waals surface area contributed by atoms with Gasteiger partial charge >= 0.3 is 0 Å². The van der Waals surface area contributed by atoms with Gasteiger partial charge in [0.1, 0.15) is 5.75 Å². The van der Waals surface area contributed by atoms with Crippen molar-refractivity contribution >= 4 is 5.69 Å². The molecule has 4 nitrogen and oxygen atoms in total. The SMILES string of the molecule is CCN(CC)CCc1cc(N=c2ccn(C)cc2)ccc1O. The third-order valence-electron chi connectivity index (χ3n) is 3.87. The van der Waals surface area contributed by atoms with Gasteiger partial charge in [-0.3, -0.25) is 0 Å². The number of hydrogen-bond acceptors (Lipinski definition) is 3. The molecule has 0 aliphatic heterocycles. The van der Waals surface area contributed by atoms with E-state index in [1.165, 1.54) is 0 Å². The Balaban J connectivity index is 2.19. The zero-order valence-electron chi connectivity index (χ0n) is 13.7. The molecule has 0 fully saturated rings. The Bertz CT molecular complexity index is 652. The van der Waals surface area contributed by atoms with Crippen LogP contribution in [0.25, 0.3) is 0 Å². The Morgan fingerprint density at radius 2 is 1.77 bits per heavy atom. The van der Waals surface area contributed by atoms with Crippen LogP contribution < -0.4 is 5.36 Å². The van der Waals surface area contributed by atoms with Crippen LogP contribution in [0.4, 0.5) is 5.69 Å². The molecule has 0 amide bonds. The van der Waals surface area contributed by atoms with Crippen LogP contribution >= 0.6 is 0 Å². The molecule has 0 unspecified atom stereocenters. The molecule has 1 aromatic carbocycles. The summed E-state index contributed by atoms with van der Waals surface area (Å²) in [5.41, 5.74) is 1.83. The molecular formula is C18H25N3O. The standard InChI is InChI=1S/C18H25N3O/c1-4-21(5-2)13-8-15-14-17(6-7-18(15)22)19-16-9-11-20(3)12-10-16/h6-7,9-12,14,22H,4-5,8,13H2,1-3H3. The van der Waals surface area contributed by atoms with E-state index in [0.29, 0.717) is 5.75 Å². The number of pyridine rings is 1. The first-order valence-electron chi connectivity index (χ1n) is 7.83. The van der Waals surface area contributed by atoms with Crippen molar-refractivity contribution in [3.8, 4) is 5.75 Å². The zero-order valence-corrected chi connectivity index (χ0v) is 13.7. The molecule has 0 radical (unpaired) electrons. The van der Waals surface area contributed by atoms with Crippen molar-refractivity contribution in [2.75, 3.05) is 19.6 Å². The van der Waals surface area contributed by atoms with Gasteiger partial charge in [0, 0.05) is 26.0 Å². The number of aryl methyl sites for hydroxylation is 1. The number of benzene rings is 1. The molecule has 118 valence electrons. The van der Waals surface area contributed by atoms with Gasteiger partial charge in [-0.05, 0) is 55.4 Å². The highest BCUT2D eigenvalue weighted by Gasteiger charge is 2.05. The molecule has 2 rings (SSSR count). The zero-order chi connectivity index (χ0) is 15.9. The minimum Gasteiger partial charge on any atom is -0.508 e. The van der Waals surface area contributed by atoms with E-state index in [4.69, 9.17) is 0 Å². The lowest BCUT2D eigenvalue weighted by atomic mass is 10.1. The van der Waals surface area contributed by atoms with Gasteiger partial charge in [-0.15, -0.1) is 0 Å². The fourth-order valence-electron chi connectivity index (χ4n) is 2.38. The van der Waals surface area contributed by atoms with Gasteiger partial charge in [0.25, 0.3) is 0 Å². The van der Waals surface area contributed by atoms with Gasteiger partial charge < -0.3 is 14.6 Å². The second-order valence-electron chi connectivity index (χ2n) is 5.42.